The second-order valence-electron chi connectivity index (χ2n) is 6.28. The third-order valence-electron chi connectivity index (χ3n) is 4.12. The van der Waals surface area contributed by atoms with Crippen LogP contribution in [0.2, 0.25) is 5.02 Å². The topological polar surface area (TPSA) is 47.3 Å². The minimum absolute atomic E-state index is 0.182. The Morgan fingerprint density at radius 3 is 2.84 bits per heavy atom. The number of aromatic nitrogens is 2. The fourth-order valence-corrected chi connectivity index (χ4v) is 3.09. The summed E-state index contributed by atoms with van der Waals surface area (Å²) in [6.07, 6.45) is 1.24. The summed E-state index contributed by atoms with van der Waals surface area (Å²) in [5.41, 5.74) is 3.07. The summed E-state index contributed by atoms with van der Waals surface area (Å²) in [5.74, 6) is 1.60. The van der Waals surface area contributed by atoms with Crippen LogP contribution in [0.4, 0.5) is 0 Å². The molecule has 25 heavy (non-hydrogen) atoms. The van der Waals surface area contributed by atoms with Crippen molar-refractivity contribution in [1.29, 1.82) is 0 Å². The lowest BCUT2D eigenvalue weighted by Crippen LogP contribution is -2.24. The summed E-state index contributed by atoms with van der Waals surface area (Å²) in [6.45, 7) is 4.73. The highest BCUT2D eigenvalue weighted by molar-refractivity contribution is 6.32. The molecule has 132 valence electrons. The molecule has 0 saturated carbocycles. The number of benzene rings is 2. The number of imidazole rings is 1. The summed E-state index contributed by atoms with van der Waals surface area (Å²) < 4.78 is 7.81. The molecule has 0 radical (unpaired) electrons. The number of halogens is 1. The molecule has 0 saturated heterocycles. The fourth-order valence-electron chi connectivity index (χ4n) is 2.91. The molecule has 3 rings (SSSR count). The molecule has 1 N–H and O–H groups in total. The van der Waals surface area contributed by atoms with Crippen LogP contribution in [0.25, 0.3) is 11.0 Å². The van der Waals surface area contributed by atoms with Crippen LogP contribution in [0, 0.1) is 6.92 Å². The molecule has 0 spiro atoms. The smallest absolute Gasteiger partial charge is 0.138 e. The lowest BCUT2D eigenvalue weighted by molar-refractivity contribution is 0.0927. The van der Waals surface area contributed by atoms with Gasteiger partial charge in [-0.05, 0) is 43.2 Å². The Hall–Kier alpha value is -2.04. The van der Waals surface area contributed by atoms with Crippen LogP contribution in [-0.2, 0) is 13.0 Å². The maximum absolute atomic E-state index is 10.5. The minimum atomic E-state index is -0.648. The van der Waals surface area contributed by atoms with Gasteiger partial charge in [-0.15, -0.1) is 0 Å². The average molecular weight is 359 g/mol. The van der Waals surface area contributed by atoms with E-state index in [-0.39, 0.29) is 6.61 Å². The normalized spacial score (nSPS) is 12.5. The molecule has 1 atom stereocenters. The molecule has 0 aliphatic carbocycles. The van der Waals surface area contributed by atoms with Gasteiger partial charge >= 0.3 is 0 Å². The summed E-state index contributed by atoms with van der Waals surface area (Å²) in [6, 6.07) is 13.6. The van der Waals surface area contributed by atoms with Gasteiger partial charge in [-0.2, -0.15) is 0 Å². The number of hydrogen-bond donors (Lipinski definition) is 1. The largest absolute Gasteiger partial charge is 0.489 e. The molecule has 1 aromatic heterocycles. The predicted octanol–water partition coefficient (Wildman–Crippen LogP) is 4.39. The van der Waals surface area contributed by atoms with Crippen molar-refractivity contribution in [2.24, 2.45) is 0 Å². The van der Waals surface area contributed by atoms with Crippen LogP contribution < -0.4 is 4.74 Å². The quantitative estimate of drug-likeness (QED) is 0.681. The van der Waals surface area contributed by atoms with Gasteiger partial charge in [0.1, 0.15) is 24.3 Å². The molecular formula is C20H23ClN2O2. The van der Waals surface area contributed by atoms with E-state index in [4.69, 9.17) is 16.3 Å². The number of aliphatic hydroxyl groups is 1. The Labute approximate surface area is 153 Å². The number of aryl methyl sites for hydroxylation is 2. The van der Waals surface area contributed by atoms with Crippen LogP contribution in [-0.4, -0.2) is 27.4 Å². The van der Waals surface area contributed by atoms with Gasteiger partial charge < -0.3 is 14.4 Å². The zero-order valence-electron chi connectivity index (χ0n) is 14.6. The van der Waals surface area contributed by atoms with Crippen molar-refractivity contribution >= 4 is 22.6 Å². The second kappa shape index (κ2) is 7.89. The second-order valence-corrected chi connectivity index (χ2v) is 6.68. The van der Waals surface area contributed by atoms with E-state index in [2.05, 4.69) is 16.5 Å². The number of hydrogen-bond acceptors (Lipinski definition) is 3. The first-order valence-electron chi connectivity index (χ1n) is 8.59. The van der Waals surface area contributed by atoms with Gasteiger partial charge in [0.05, 0.1) is 22.6 Å². The zero-order valence-corrected chi connectivity index (χ0v) is 15.3. The van der Waals surface area contributed by atoms with E-state index < -0.39 is 6.10 Å². The Bertz CT molecular complexity index is 860. The third kappa shape index (κ3) is 4.14. The first kappa shape index (κ1) is 17.8. The zero-order chi connectivity index (χ0) is 17.8. The van der Waals surface area contributed by atoms with Gasteiger partial charge in [0.15, 0.2) is 0 Å². The van der Waals surface area contributed by atoms with Crippen molar-refractivity contribution in [1.82, 2.24) is 9.55 Å². The SMILES string of the molecule is CCCc1nc2ccccc2n1C[C@@H](O)COc1cc(C)ccc1Cl. The van der Waals surface area contributed by atoms with E-state index in [1.807, 2.05) is 43.3 Å². The van der Waals surface area contributed by atoms with Crippen molar-refractivity contribution in [3.63, 3.8) is 0 Å². The summed E-state index contributed by atoms with van der Waals surface area (Å²) in [5, 5.41) is 11.0. The monoisotopic (exact) mass is 358 g/mol. The molecule has 1 heterocycles. The number of nitrogens with zero attached hydrogens (tertiary/aromatic N) is 2. The van der Waals surface area contributed by atoms with Gasteiger partial charge in [-0.1, -0.05) is 36.7 Å². The first-order valence-corrected chi connectivity index (χ1v) is 8.97. The molecular weight excluding hydrogens is 336 g/mol. The van der Waals surface area contributed by atoms with Crippen LogP contribution in [0.15, 0.2) is 42.5 Å². The molecule has 5 heteroatoms. The van der Waals surface area contributed by atoms with Crippen LogP contribution >= 0.6 is 11.6 Å². The Morgan fingerprint density at radius 1 is 1.24 bits per heavy atom. The van der Waals surface area contributed by atoms with Crippen molar-refractivity contribution in [3.8, 4) is 5.75 Å². The molecule has 0 amide bonds. The summed E-state index contributed by atoms with van der Waals surface area (Å²) in [4.78, 5) is 4.69. The standard InChI is InChI=1S/C20H23ClN2O2/c1-3-6-20-22-17-7-4-5-8-18(17)23(20)12-15(24)13-25-19-11-14(2)9-10-16(19)21/h4-5,7-11,15,24H,3,6,12-13H2,1-2H3/t15-/m1/s1. The van der Waals surface area contributed by atoms with Gasteiger partial charge in [0.25, 0.3) is 0 Å². The predicted molar refractivity (Wildman–Crippen MR) is 101 cm³/mol. The van der Waals surface area contributed by atoms with Crippen molar-refractivity contribution < 1.29 is 9.84 Å². The van der Waals surface area contributed by atoms with Crippen molar-refractivity contribution in [2.75, 3.05) is 6.61 Å². The van der Waals surface area contributed by atoms with Crippen molar-refractivity contribution in [2.45, 2.75) is 39.3 Å². The molecule has 3 aromatic rings. The highest BCUT2D eigenvalue weighted by atomic mass is 35.5. The minimum Gasteiger partial charge on any atom is -0.489 e. The van der Waals surface area contributed by atoms with Crippen LogP contribution in [0.1, 0.15) is 24.7 Å². The first-order chi connectivity index (χ1) is 12.1. The Morgan fingerprint density at radius 2 is 2.04 bits per heavy atom. The number of para-hydroxylation sites is 2. The average Bonchev–Trinajstić information content (AvgIpc) is 2.94. The maximum atomic E-state index is 10.5. The molecule has 0 bridgehead atoms. The molecule has 0 fully saturated rings. The number of ether oxygens (including phenoxy) is 1. The highest BCUT2D eigenvalue weighted by Gasteiger charge is 2.14. The van der Waals surface area contributed by atoms with E-state index in [9.17, 15) is 5.11 Å². The van der Waals surface area contributed by atoms with Crippen LogP contribution in [0.5, 0.6) is 5.75 Å². The number of aliphatic hydroxyl groups excluding tert-OH is 1. The molecule has 0 aliphatic heterocycles. The Balaban J connectivity index is 1.74. The van der Waals surface area contributed by atoms with E-state index in [0.717, 1.165) is 35.3 Å². The fraction of sp³-hybridized carbons (Fsp3) is 0.350. The van der Waals surface area contributed by atoms with Gasteiger partial charge in [0, 0.05) is 6.42 Å². The van der Waals surface area contributed by atoms with Gasteiger partial charge in [-0.3, -0.25) is 0 Å². The molecule has 0 aliphatic rings. The van der Waals surface area contributed by atoms with Gasteiger partial charge in [0.2, 0.25) is 0 Å². The summed E-state index contributed by atoms with van der Waals surface area (Å²) in [7, 11) is 0. The third-order valence-corrected chi connectivity index (χ3v) is 4.43. The van der Waals surface area contributed by atoms with Crippen molar-refractivity contribution in [3.05, 3.63) is 58.9 Å². The highest BCUT2D eigenvalue weighted by Crippen LogP contribution is 2.25. The maximum Gasteiger partial charge on any atom is 0.138 e. The molecule has 4 nitrogen and oxygen atoms in total. The number of rotatable bonds is 7. The lowest BCUT2D eigenvalue weighted by atomic mass is 10.2. The summed E-state index contributed by atoms with van der Waals surface area (Å²) >= 11 is 6.15. The van der Waals surface area contributed by atoms with Crippen LogP contribution in [0.3, 0.4) is 0 Å². The molecule has 0 unspecified atom stereocenters. The number of fused-ring (bicyclic) bond motifs is 1. The lowest BCUT2D eigenvalue weighted by Gasteiger charge is -2.16. The van der Waals surface area contributed by atoms with Gasteiger partial charge in [-0.25, -0.2) is 4.98 Å². The van der Waals surface area contributed by atoms with E-state index in [1.54, 1.807) is 6.07 Å². The molecule has 2 aromatic carbocycles. The van der Waals surface area contributed by atoms with E-state index in [0.29, 0.717) is 17.3 Å². The Kier molecular flexibility index (Phi) is 5.61. The van der Waals surface area contributed by atoms with E-state index >= 15 is 0 Å². The van der Waals surface area contributed by atoms with E-state index in [1.165, 1.54) is 0 Å².